The molecular formula is C22H21BrF3N9O. The number of halogens is 4. The largest absolute Gasteiger partial charge is 0.341 e. The van der Waals surface area contributed by atoms with Gasteiger partial charge in [0.2, 0.25) is 5.95 Å². The normalized spacial score (nSPS) is 17.8. The van der Waals surface area contributed by atoms with Gasteiger partial charge < -0.3 is 9.80 Å². The number of benzene rings is 1. The predicted octanol–water partition coefficient (Wildman–Crippen LogP) is 3.53. The monoisotopic (exact) mass is 563 g/mol. The summed E-state index contributed by atoms with van der Waals surface area (Å²) in [5.74, 6) is -1.35. The summed E-state index contributed by atoms with van der Waals surface area (Å²) >= 11 is 3.17. The minimum atomic E-state index is -1.00. The summed E-state index contributed by atoms with van der Waals surface area (Å²) in [6.07, 6.45) is 2.87. The van der Waals surface area contributed by atoms with Gasteiger partial charge >= 0.3 is 6.03 Å². The van der Waals surface area contributed by atoms with Crippen molar-refractivity contribution in [3.8, 4) is 5.82 Å². The molecule has 1 saturated heterocycles. The quantitative estimate of drug-likeness (QED) is 0.452. The summed E-state index contributed by atoms with van der Waals surface area (Å²) in [5.41, 5.74) is 0.0530. The molecule has 2 aromatic heterocycles. The number of carbonyl (C=O) groups excluding carboxylic acids is 1. The van der Waals surface area contributed by atoms with Crippen LogP contribution < -0.4 is 4.90 Å². The smallest absolute Gasteiger partial charge is 0.337 e. The molecule has 3 aromatic rings. The number of carbonyl (C=O) groups is 1. The van der Waals surface area contributed by atoms with Crippen LogP contribution >= 0.6 is 15.9 Å². The molecule has 0 N–H and O–H groups in total. The van der Waals surface area contributed by atoms with Crippen LogP contribution in [0.25, 0.3) is 5.82 Å². The Labute approximate surface area is 212 Å². The predicted molar refractivity (Wildman–Crippen MR) is 127 cm³/mol. The van der Waals surface area contributed by atoms with E-state index in [1.807, 2.05) is 4.90 Å². The van der Waals surface area contributed by atoms with E-state index in [1.54, 1.807) is 18.7 Å². The Balaban J connectivity index is 1.29. The topological polar surface area (TPSA) is 95.6 Å². The fourth-order valence-corrected chi connectivity index (χ4v) is 4.74. The first kappa shape index (κ1) is 24.2. The lowest BCUT2D eigenvalue weighted by atomic mass is 10.0. The zero-order valence-electron chi connectivity index (χ0n) is 19.4. The van der Waals surface area contributed by atoms with E-state index in [2.05, 4.69) is 41.1 Å². The standard InChI is InChI=1S/C22H21BrF3N9O/c1-12-29-13(2)34(31-12)20-17(25)11-27-21(30-20)32-5-7-33(8-6-32)22(36)35-18(3-4-28-35)15-9-14(23)10-16(24)19(15)26/h4,9-11,18H,3,5-8H2,1-2H3. The van der Waals surface area contributed by atoms with Crippen molar-refractivity contribution in [2.45, 2.75) is 26.3 Å². The molecule has 4 heterocycles. The molecule has 36 heavy (non-hydrogen) atoms. The highest BCUT2D eigenvalue weighted by molar-refractivity contribution is 9.10. The van der Waals surface area contributed by atoms with Gasteiger partial charge in [-0.3, -0.25) is 0 Å². The minimum absolute atomic E-state index is 0.00543. The zero-order valence-corrected chi connectivity index (χ0v) is 21.0. The number of anilines is 1. The highest BCUT2D eigenvalue weighted by Gasteiger charge is 2.35. The summed E-state index contributed by atoms with van der Waals surface area (Å²) in [6.45, 7) is 4.79. The van der Waals surface area contributed by atoms with Gasteiger partial charge in [-0.15, -0.1) is 5.10 Å². The van der Waals surface area contributed by atoms with Gasteiger partial charge in [0.25, 0.3) is 0 Å². The molecule has 2 aliphatic rings. The molecule has 1 aromatic carbocycles. The van der Waals surface area contributed by atoms with Crippen LogP contribution in [0.15, 0.2) is 27.9 Å². The molecule has 1 fully saturated rings. The van der Waals surface area contributed by atoms with Gasteiger partial charge in [-0.25, -0.2) is 32.9 Å². The molecule has 5 rings (SSSR count). The zero-order chi connectivity index (χ0) is 25.6. The number of urea groups is 1. The lowest BCUT2D eigenvalue weighted by Gasteiger charge is -2.37. The van der Waals surface area contributed by atoms with Crippen molar-refractivity contribution >= 4 is 34.1 Å². The molecule has 188 valence electrons. The van der Waals surface area contributed by atoms with E-state index in [1.165, 1.54) is 22.0 Å². The fraction of sp³-hybridized carbons (Fsp3) is 0.364. The molecule has 2 aliphatic heterocycles. The SMILES string of the molecule is Cc1nc(C)n(-c2nc(N3CCN(C(=O)N4N=CCC4c4cc(Br)cc(F)c4F)CC3)ncc2F)n1. The number of hydrazone groups is 1. The van der Waals surface area contributed by atoms with Crippen molar-refractivity contribution in [1.82, 2.24) is 34.6 Å². The Morgan fingerprint density at radius 1 is 1.06 bits per heavy atom. The van der Waals surface area contributed by atoms with Gasteiger partial charge in [-0.05, 0) is 26.0 Å². The molecule has 14 heteroatoms. The van der Waals surface area contributed by atoms with Crippen molar-refractivity contribution in [2.24, 2.45) is 5.10 Å². The Hall–Kier alpha value is -3.55. The number of hydrogen-bond acceptors (Lipinski definition) is 7. The van der Waals surface area contributed by atoms with Crippen molar-refractivity contribution < 1.29 is 18.0 Å². The van der Waals surface area contributed by atoms with E-state index in [0.717, 1.165) is 12.3 Å². The van der Waals surface area contributed by atoms with Crippen LogP contribution in [0, 0.1) is 31.3 Å². The molecular weight excluding hydrogens is 543 g/mol. The second-order valence-corrected chi connectivity index (χ2v) is 9.32. The van der Waals surface area contributed by atoms with Gasteiger partial charge in [0.05, 0.1) is 12.2 Å². The highest BCUT2D eigenvalue weighted by atomic mass is 79.9. The molecule has 0 aliphatic carbocycles. The maximum Gasteiger partial charge on any atom is 0.341 e. The number of nitrogens with zero attached hydrogens (tertiary/aromatic N) is 9. The summed E-state index contributed by atoms with van der Waals surface area (Å²) in [5, 5.41) is 9.50. The molecule has 0 spiro atoms. The first-order valence-electron chi connectivity index (χ1n) is 11.2. The number of piperazine rings is 1. The molecule has 2 amide bonds. The molecule has 10 nitrogen and oxygen atoms in total. The Morgan fingerprint density at radius 3 is 2.50 bits per heavy atom. The van der Waals surface area contributed by atoms with Gasteiger partial charge in [0.1, 0.15) is 11.6 Å². The van der Waals surface area contributed by atoms with Crippen LogP contribution in [0.3, 0.4) is 0 Å². The van der Waals surface area contributed by atoms with E-state index in [9.17, 15) is 18.0 Å². The van der Waals surface area contributed by atoms with Crippen molar-refractivity contribution in [1.29, 1.82) is 0 Å². The second-order valence-electron chi connectivity index (χ2n) is 8.40. The van der Waals surface area contributed by atoms with Gasteiger partial charge in [0, 0.05) is 48.9 Å². The van der Waals surface area contributed by atoms with Crippen molar-refractivity contribution in [3.05, 3.63) is 57.5 Å². The molecule has 1 atom stereocenters. The lowest BCUT2D eigenvalue weighted by Crippen LogP contribution is -2.52. The third kappa shape index (κ3) is 4.40. The minimum Gasteiger partial charge on any atom is -0.337 e. The molecule has 1 unspecified atom stereocenters. The van der Waals surface area contributed by atoms with Gasteiger partial charge in [-0.1, -0.05) is 15.9 Å². The first-order valence-corrected chi connectivity index (χ1v) is 12.0. The Kier molecular flexibility index (Phi) is 6.36. The average molecular weight is 564 g/mol. The van der Waals surface area contributed by atoms with Crippen LogP contribution in [-0.4, -0.2) is 73.1 Å². The van der Waals surface area contributed by atoms with E-state index in [4.69, 9.17) is 0 Å². The maximum atomic E-state index is 14.5. The van der Waals surface area contributed by atoms with Crippen molar-refractivity contribution in [3.63, 3.8) is 0 Å². The van der Waals surface area contributed by atoms with Crippen LogP contribution in [0.2, 0.25) is 0 Å². The number of aromatic nitrogens is 5. The highest BCUT2D eigenvalue weighted by Crippen LogP contribution is 2.34. The lowest BCUT2D eigenvalue weighted by molar-refractivity contribution is 0.138. The third-order valence-corrected chi connectivity index (χ3v) is 6.49. The number of amides is 2. The van der Waals surface area contributed by atoms with Gasteiger partial charge in [0.15, 0.2) is 23.3 Å². The average Bonchev–Trinajstić information content (AvgIpc) is 3.47. The van der Waals surface area contributed by atoms with E-state index < -0.39 is 29.5 Å². The van der Waals surface area contributed by atoms with E-state index in [-0.39, 0.29) is 17.8 Å². The van der Waals surface area contributed by atoms with E-state index >= 15 is 0 Å². The van der Waals surface area contributed by atoms with Crippen molar-refractivity contribution in [2.75, 3.05) is 31.1 Å². The van der Waals surface area contributed by atoms with Crippen LogP contribution in [0.4, 0.5) is 23.9 Å². The first-order chi connectivity index (χ1) is 17.2. The molecule has 0 saturated carbocycles. The third-order valence-electron chi connectivity index (χ3n) is 6.03. The van der Waals surface area contributed by atoms with E-state index in [0.29, 0.717) is 48.2 Å². The summed E-state index contributed by atoms with van der Waals surface area (Å²) in [6, 6.07) is 1.33. The maximum absolute atomic E-state index is 14.5. The summed E-state index contributed by atoms with van der Waals surface area (Å²) in [4.78, 5) is 29.3. The summed E-state index contributed by atoms with van der Waals surface area (Å²) < 4.78 is 44.6. The second kappa shape index (κ2) is 9.48. The fourth-order valence-electron chi connectivity index (χ4n) is 4.29. The van der Waals surface area contributed by atoms with Crippen LogP contribution in [0.5, 0.6) is 0 Å². The number of rotatable bonds is 3. The van der Waals surface area contributed by atoms with Crippen LogP contribution in [-0.2, 0) is 0 Å². The Morgan fingerprint density at radius 2 is 1.81 bits per heavy atom. The van der Waals surface area contributed by atoms with Gasteiger partial charge in [-0.2, -0.15) is 14.8 Å². The summed E-state index contributed by atoms with van der Waals surface area (Å²) in [7, 11) is 0. The van der Waals surface area contributed by atoms with Crippen LogP contribution in [0.1, 0.15) is 29.7 Å². The Bertz CT molecular complexity index is 1360. The number of hydrogen-bond donors (Lipinski definition) is 0. The molecule has 0 radical (unpaired) electrons. The molecule has 0 bridgehead atoms. The number of aryl methyl sites for hydroxylation is 2.